The second-order valence-electron chi connectivity index (χ2n) is 9.01. The third-order valence-corrected chi connectivity index (χ3v) is 6.50. The van der Waals surface area contributed by atoms with Gasteiger partial charge < -0.3 is 16.2 Å². The number of nitrogens with one attached hydrogen (secondary N) is 1. The zero-order chi connectivity index (χ0) is 22.7. The van der Waals surface area contributed by atoms with E-state index in [1.165, 1.54) is 9.13 Å². The molecule has 0 spiro atoms. The highest BCUT2D eigenvalue weighted by molar-refractivity contribution is 7.59. The number of hydrogen-bond donors (Lipinski definition) is 3. The van der Waals surface area contributed by atoms with Crippen LogP contribution < -0.4 is 16.7 Å². The molecular formula is C23H36N4O4S. The largest absolute Gasteiger partial charge is 0.395 e. The lowest BCUT2D eigenvalue weighted by atomic mass is 9.69. The highest BCUT2D eigenvalue weighted by Crippen LogP contribution is 2.39. The number of nitrogens with zero attached hydrogens (tertiary/aromatic N) is 2. The molecule has 0 saturated heterocycles. The molecule has 3 atom stereocenters. The number of aliphatic hydroxyl groups is 1. The smallest absolute Gasteiger partial charge is 0.336 e. The van der Waals surface area contributed by atoms with Crippen LogP contribution in [0.1, 0.15) is 55.2 Å². The molecule has 9 heteroatoms. The van der Waals surface area contributed by atoms with Crippen LogP contribution in [0.15, 0.2) is 23.0 Å². The lowest BCUT2D eigenvalue weighted by molar-refractivity contribution is 0.0633. The highest BCUT2D eigenvalue weighted by atomic mass is 32.1. The molecule has 0 bridgehead atoms. The van der Waals surface area contributed by atoms with Gasteiger partial charge in [0.05, 0.1) is 17.6 Å². The van der Waals surface area contributed by atoms with E-state index < -0.39 is 5.69 Å². The average molecular weight is 465 g/mol. The molecule has 1 aromatic carbocycles. The summed E-state index contributed by atoms with van der Waals surface area (Å²) >= 11 is 0. The molecule has 4 N–H and O–H groups in total. The highest BCUT2D eigenvalue weighted by Gasteiger charge is 2.37. The van der Waals surface area contributed by atoms with Crippen LogP contribution in [0.25, 0.3) is 11.0 Å². The molecule has 1 amide bonds. The van der Waals surface area contributed by atoms with E-state index in [-0.39, 0.29) is 63.4 Å². The summed E-state index contributed by atoms with van der Waals surface area (Å²) in [6, 6.07) is 4.88. The van der Waals surface area contributed by atoms with Crippen LogP contribution in [0.3, 0.4) is 0 Å². The third kappa shape index (κ3) is 5.10. The van der Waals surface area contributed by atoms with Crippen LogP contribution in [-0.2, 0) is 6.54 Å². The fourth-order valence-electron chi connectivity index (χ4n) is 4.88. The van der Waals surface area contributed by atoms with E-state index in [2.05, 4.69) is 26.1 Å². The van der Waals surface area contributed by atoms with Gasteiger partial charge in [-0.3, -0.25) is 14.2 Å². The molecule has 0 unspecified atom stereocenters. The first-order valence-electron chi connectivity index (χ1n) is 11.2. The number of benzene rings is 1. The number of aromatic nitrogens is 2. The Balaban J connectivity index is 0.00000363. The zero-order valence-corrected chi connectivity index (χ0v) is 20.1. The van der Waals surface area contributed by atoms with Gasteiger partial charge in [0, 0.05) is 31.1 Å². The number of carbonyl (C=O) groups is 2. The van der Waals surface area contributed by atoms with Crippen LogP contribution in [-0.4, -0.2) is 45.8 Å². The van der Waals surface area contributed by atoms with E-state index in [0.29, 0.717) is 28.4 Å². The van der Waals surface area contributed by atoms with Crippen LogP contribution in [0.5, 0.6) is 0 Å². The van der Waals surface area contributed by atoms with Gasteiger partial charge in [-0.15, -0.1) is 0 Å². The second kappa shape index (κ2) is 11.2. The molecule has 3 rings (SSSR count). The van der Waals surface area contributed by atoms with Gasteiger partial charge in [-0.2, -0.15) is 13.5 Å². The van der Waals surface area contributed by atoms with Crippen molar-refractivity contribution in [2.45, 2.75) is 46.6 Å². The summed E-state index contributed by atoms with van der Waals surface area (Å²) < 4.78 is 2.77. The monoisotopic (exact) mass is 464 g/mol. The van der Waals surface area contributed by atoms with Gasteiger partial charge in [0.25, 0.3) is 5.91 Å². The summed E-state index contributed by atoms with van der Waals surface area (Å²) in [5.74, 6) is 0.337. The number of hydrogen-bond acceptors (Lipinski definition) is 5. The number of rotatable bonds is 7. The molecule has 0 radical (unpaired) electrons. The normalized spacial score (nSPS) is 20.9. The summed E-state index contributed by atoms with van der Waals surface area (Å²) in [6.07, 6.45) is 2.86. The van der Waals surface area contributed by atoms with Gasteiger partial charge in [-0.25, -0.2) is 9.36 Å². The Morgan fingerprint density at radius 3 is 2.59 bits per heavy atom. The van der Waals surface area contributed by atoms with Gasteiger partial charge >= 0.3 is 5.69 Å². The van der Waals surface area contributed by atoms with Gasteiger partial charge in [0.2, 0.25) is 5.91 Å². The van der Waals surface area contributed by atoms with E-state index in [0.717, 1.165) is 19.3 Å². The fourth-order valence-corrected chi connectivity index (χ4v) is 4.88. The molecule has 1 saturated carbocycles. The van der Waals surface area contributed by atoms with E-state index in [4.69, 9.17) is 10.8 Å². The summed E-state index contributed by atoms with van der Waals surface area (Å²) in [4.78, 5) is 39.3. The van der Waals surface area contributed by atoms with Crippen molar-refractivity contribution in [1.29, 1.82) is 0 Å². The van der Waals surface area contributed by atoms with E-state index in [9.17, 15) is 14.4 Å². The number of imidazole rings is 1. The maximum absolute atomic E-state index is 13.7. The molecule has 32 heavy (non-hydrogen) atoms. The van der Waals surface area contributed by atoms with Crippen molar-refractivity contribution in [3.63, 3.8) is 0 Å². The first-order chi connectivity index (χ1) is 14.8. The molecule has 1 fully saturated rings. The molecule has 2 aromatic rings. The summed E-state index contributed by atoms with van der Waals surface area (Å²) in [5, 5.41) is 11.5. The van der Waals surface area contributed by atoms with Gasteiger partial charge in [-0.1, -0.05) is 27.2 Å². The first-order valence-corrected chi connectivity index (χ1v) is 11.2. The van der Waals surface area contributed by atoms with Gasteiger partial charge in [-0.05, 0) is 48.8 Å². The minimum atomic E-state index is -0.404. The second-order valence-corrected chi connectivity index (χ2v) is 9.01. The maximum atomic E-state index is 13.7. The Morgan fingerprint density at radius 2 is 1.97 bits per heavy atom. The van der Waals surface area contributed by atoms with Crippen LogP contribution in [0, 0.1) is 23.7 Å². The molecular weight excluding hydrogens is 428 g/mol. The van der Waals surface area contributed by atoms with Crippen molar-refractivity contribution in [2.24, 2.45) is 29.4 Å². The molecule has 1 aliphatic rings. The lowest BCUT2D eigenvalue weighted by Gasteiger charge is -2.36. The van der Waals surface area contributed by atoms with E-state index in [1.54, 1.807) is 18.2 Å². The SMILES string of the molecule is CC(C)[C@@H]1CC[C@@H](C)C[C@H]1C(=O)n1c(=O)n(CCN)c2cc(C(=O)NCCO)ccc21.S. The number of fused-ring (bicyclic) bond motifs is 1. The molecule has 1 aliphatic carbocycles. The van der Waals surface area contributed by atoms with Gasteiger partial charge in [0.1, 0.15) is 0 Å². The lowest BCUT2D eigenvalue weighted by Crippen LogP contribution is -2.40. The standard InChI is InChI=1S/C23H34N4O4.H2S/c1-14(2)17-6-4-15(3)12-18(17)22(30)27-19-7-5-16(21(29)25-9-11-28)13-20(19)26(10-8-24)23(27)31;/h5,7,13-15,17-18,28H,4,6,8-12,24H2,1-3H3,(H,25,29);1H2/t15-,17+,18-;/m1./s1. The van der Waals surface area contributed by atoms with Crippen molar-refractivity contribution in [2.75, 3.05) is 19.7 Å². The minimum Gasteiger partial charge on any atom is -0.395 e. The van der Waals surface area contributed by atoms with E-state index in [1.807, 2.05) is 0 Å². The minimum absolute atomic E-state index is 0. The number of carbonyl (C=O) groups excluding carboxylic acids is 2. The van der Waals surface area contributed by atoms with Gasteiger partial charge in [0.15, 0.2) is 0 Å². The molecule has 0 aliphatic heterocycles. The van der Waals surface area contributed by atoms with Crippen LogP contribution in [0.4, 0.5) is 0 Å². The summed E-state index contributed by atoms with van der Waals surface area (Å²) in [6.45, 7) is 6.91. The van der Waals surface area contributed by atoms with E-state index >= 15 is 0 Å². The number of aliphatic hydroxyl groups excluding tert-OH is 1. The summed E-state index contributed by atoms with van der Waals surface area (Å²) in [5.41, 5.74) is 6.71. The van der Waals surface area contributed by atoms with Crippen molar-refractivity contribution in [3.8, 4) is 0 Å². The van der Waals surface area contributed by atoms with Crippen LogP contribution in [0.2, 0.25) is 0 Å². The Hall–Kier alpha value is -2.10. The zero-order valence-electron chi connectivity index (χ0n) is 19.1. The van der Waals surface area contributed by atoms with Crippen molar-refractivity contribution in [3.05, 3.63) is 34.2 Å². The quantitative estimate of drug-likeness (QED) is 0.579. The fraction of sp³-hybridized carbons (Fsp3) is 0.609. The average Bonchev–Trinajstić information content (AvgIpc) is 3.02. The first kappa shape index (κ1) is 26.2. The Labute approximate surface area is 195 Å². The Kier molecular flexibility index (Phi) is 9.12. The summed E-state index contributed by atoms with van der Waals surface area (Å²) in [7, 11) is 0. The predicted octanol–water partition coefficient (Wildman–Crippen LogP) is 1.95. The Morgan fingerprint density at radius 1 is 1.25 bits per heavy atom. The molecule has 1 aromatic heterocycles. The third-order valence-electron chi connectivity index (χ3n) is 6.50. The predicted molar refractivity (Wildman–Crippen MR) is 131 cm³/mol. The molecule has 178 valence electrons. The molecule has 8 nitrogen and oxygen atoms in total. The van der Waals surface area contributed by atoms with Crippen molar-refractivity contribution in [1.82, 2.24) is 14.5 Å². The Bertz CT molecular complexity index is 1010. The van der Waals surface area contributed by atoms with Crippen molar-refractivity contribution >= 4 is 36.3 Å². The topological polar surface area (TPSA) is 119 Å². The number of nitrogens with two attached hydrogens (primary N) is 1. The molecule has 1 heterocycles. The number of amides is 1. The van der Waals surface area contributed by atoms with Crippen molar-refractivity contribution < 1.29 is 14.7 Å². The maximum Gasteiger partial charge on any atom is 0.336 e. The van der Waals surface area contributed by atoms with Crippen LogP contribution >= 0.6 is 13.5 Å².